The van der Waals surface area contributed by atoms with Gasteiger partial charge in [0.1, 0.15) is 11.8 Å². The molecule has 3 aromatic carbocycles. The van der Waals surface area contributed by atoms with Crippen LogP contribution in [0.3, 0.4) is 0 Å². The molecule has 0 bridgehead atoms. The molecule has 0 aromatic heterocycles. The molecular formula is C27H29N3O4. The lowest BCUT2D eigenvalue weighted by molar-refractivity contribution is -0.154. The highest BCUT2D eigenvalue weighted by Gasteiger charge is 2.36. The molecule has 0 aliphatic carbocycles. The van der Waals surface area contributed by atoms with Gasteiger partial charge in [-0.05, 0) is 28.8 Å². The quantitative estimate of drug-likeness (QED) is 0.496. The average Bonchev–Trinajstić information content (AvgIpc) is 2.87. The van der Waals surface area contributed by atoms with Crippen LogP contribution in [0, 0.1) is 0 Å². The van der Waals surface area contributed by atoms with Crippen molar-refractivity contribution < 1.29 is 19.2 Å². The lowest BCUT2D eigenvalue weighted by Crippen LogP contribution is -2.57. The van der Waals surface area contributed by atoms with Crippen LogP contribution in [0.2, 0.25) is 0 Å². The van der Waals surface area contributed by atoms with Crippen molar-refractivity contribution >= 4 is 11.8 Å². The van der Waals surface area contributed by atoms with Gasteiger partial charge in [-0.15, -0.1) is 0 Å². The molecule has 176 valence electrons. The first-order valence-electron chi connectivity index (χ1n) is 11.3. The summed E-state index contributed by atoms with van der Waals surface area (Å²) < 4.78 is 5.25. The van der Waals surface area contributed by atoms with Gasteiger partial charge in [0.05, 0.1) is 26.8 Å². The lowest BCUT2D eigenvalue weighted by atomic mass is 10.1. The van der Waals surface area contributed by atoms with Crippen molar-refractivity contribution in [3.05, 3.63) is 102 Å². The summed E-state index contributed by atoms with van der Waals surface area (Å²) in [5.41, 5.74) is 5.58. The molecule has 1 saturated heterocycles. The summed E-state index contributed by atoms with van der Waals surface area (Å²) in [5.74, 6) is 0.391. The third-order valence-corrected chi connectivity index (χ3v) is 5.83. The van der Waals surface area contributed by atoms with Crippen LogP contribution in [0.5, 0.6) is 5.75 Å². The van der Waals surface area contributed by atoms with Crippen LogP contribution in [0.15, 0.2) is 84.9 Å². The molecule has 0 radical (unpaired) electrons. The van der Waals surface area contributed by atoms with Crippen LogP contribution in [0.4, 0.5) is 0 Å². The van der Waals surface area contributed by atoms with Crippen molar-refractivity contribution in [1.29, 1.82) is 0 Å². The SMILES string of the molecule is COc1ccc(CN2CN(Cc3ccccc3)C(=O)CC2C(=O)NOCc2ccccc2)cc1. The van der Waals surface area contributed by atoms with Gasteiger partial charge in [-0.3, -0.25) is 19.3 Å². The Morgan fingerprint density at radius 3 is 2.15 bits per heavy atom. The number of benzene rings is 3. The van der Waals surface area contributed by atoms with Crippen molar-refractivity contribution in [3.63, 3.8) is 0 Å². The zero-order chi connectivity index (χ0) is 23.8. The van der Waals surface area contributed by atoms with Gasteiger partial charge < -0.3 is 9.64 Å². The first-order chi connectivity index (χ1) is 16.6. The number of hydrogen-bond acceptors (Lipinski definition) is 5. The molecule has 2 amide bonds. The number of methoxy groups -OCH3 is 1. The van der Waals surface area contributed by atoms with E-state index < -0.39 is 6.04 Å². The molecule has 7 heteroatoms. The Balaban J connectivity index is 1.45. The molecule has 3 aromatic rings. The third kappa shape index (κ3) is 6.21. The van der Waals surface area contributed by atoms with E-state index in [9.17, 15) is 9.59 Å². The first-order valence-corrected chi connectivity index (χ1v) is 11.3. The van der Waals surface area contributed by atoms with E-state index in [2.05, 4.69) is 5.48 Å². The van der Waals surface area contributed by atoms with Gasteiger partial charge in [0.25, 0.3) is 5.91 Å². The summed E-state index contributed by atoms with van der Waals surface area (Å²) in [6.45, 7) is 1.61. The molecule has 1 atom stereocenters. The molecule has 7 nitrogen and oxygen atoms in total. The molecule has 1 unspecified atom stereocenters. The molecule has 1 fully saturated rings. The second-order valence-electron chi connectivity index (χ2n) is 8.27. The van der Waals surface area contributed by atoms with E-state index in [0.29, 0.717) is 19.8 Å². The highest BCUT2D eigenvalue weighted by molar-refractivity contribution is 5.88. The number of ether oxygens (including phenoxy) is 1. The Morgan fingerprint density at radius 1 is 0.882 bits per heavy atom. The third-order valence-electron chi connectivity index (χ3n) is 5.83. The highest BCUT2D eigenvalue weighted by Crippen LogP contribution is 2.22. The number of carbonyl (C=O) groups is 2. The summed E-state index contributed by atoms with van der Waals surface area (Å²) in [7, 11) is 1.63. The fourth-order valence-electron chi connectivity index (χ4n) is 3.98. The molecule has 1 aliphatic rings. The van der Waals surface area contributed by atoms with Gasteiger partial charge in [-0.1, -0.05) is 72.8 Å². The van der Waals surface area contributed by atoms with Crippen molar-refractivity contribution in [2.75, 3.05) is 13.8 Å². The van der Waals surface area contributed by atoms with Crippen LogP contribution >= 0.6 is 0 Å². The second-order valence-corrected chi connectivity index (χ2v) is 8.27. The maximum Gasteiger partial charge on any atom is 0.261 e. The minimum atomic E-state index is -0.627. The smallest absolute Gasteiger partial charge is 0.261 e. The Kier molecular flexibility index (Phi) is 7.91. The molecule has 34 heavy (non-hydrogen) atoms. The Hall–Kier alpha value is -3.68. The van der Waals surface area contributed by atoms with Crippen molar-refractivity contribution in [1.82, 2.24) is 15.3 Å². The summed E-state index contributed by atoms with van der Waals surface area (Å²) >= 11 is 0. The Morgan fingerprint density at radius 2 is 1.50 bits per heavy atom. The monoisotopic (exact) mass is 459 g/mol. The Bertz CT molecular complexity index is 1070. The number of hydroxylamine groups is 1. The van der Waals surface area contributed by atoms with E-state index in [1.165, 1.54) is 0 Å². The van der Waals surface area contributed by atoms with E-state index in [1.54, 1.807) is 12.0 Å². The van der Waals surface area contributed by atoms with Gasteiger partial charge in [0, 0.05) is 13.1 Å². The predicted molar refractivity (Wildman–Crippen MR) is 128 cm³/mol. The van der Waals surface area contributed by atoms with Crippen LogP contribution in [-0.2, 0) is 34.1 Å². The molecule has 1 aliphatic heterocycles. The number of nitrogens with one attached hydrogen (secondary N) is 1. The maximum absolute atomic E-state index is 13.0. The number of nitrogens with zero attached hydrogens (tertiary/aromatic N) is 2. The maximum atomic E-state index is 13.0. The van der Waals surface area contributed by atoms with E-state index in [0.717, 1.165) is 22.4 Å². The summed E-state index contributed by atoms with van der Waals surface area (Å²) in [5, 5.41) is 0. The highest BCUT2D eigenvalue weighted by atomic mass is 16.6. The van der Waals surface area contributed by atoms with Crippen molar-refractivity contribution in [2.24, 2.45) is 0 Å². The number of amides is 2. The van der Waals surface area contributed by atoms with E-state index in [4.69, 9.17) is 9.57 Å². The summed E-state index contributed by atoms with van der Waals surface area (Å²) in [4.78, 5) is 35.2. The standard InChI is InChI=1S/C27H29N3O4/c1-33-24-14-12-22(13-15-24)17-29-20-30(18-21-8-4-2-5-9-21)26(31)16-25(29)27(32)28-34-19-23-10-6-3-7-11-23/h2-15,25H,16-20H2,1H3,(H,28,32). The van der Waals surface area contributed by atoms with Crippen LogP contribution in [0.25, 0.3) is 0 Å². The van der Waals surface area contributed by atoms with E-state index in [-0.39, 0.29) is 24.8 Å². The topological polar surface area (TPSA) is 71.1 Å². The zero-order valence-corrected chi connectivity index (χ0v) is 19.2. The molecule has 0 spiro atoms. The molecular weight excluding hydrogens is 430 g/mol. The number of rotatable bonds is 9. The number of hydrogen-bond donors (Lipinski definition) is 1. The molecule has 1 heterocycles. The van der Waals surface area contributed by atoms with Gasteiger partial charge in [0.15, 0.2) is 0 Å². The van der Waals surface area contributed by atoms with Gasteiger partial charge >= 0.3 is 0 Å². The Labute approximate surface area is 199 Å². The average molecular weight is 460 g/mol. The van der Waals surface area contributed by atoms with E-state index in [1.807, 2.05) is 89.8 Å². The lowest BCUT2D eigenvalue weighted by Gasteiger charge is -2.40. The number of carbonyl (C=O) groups excluding carboxylic acids is 2. The van der Waals surface area contributed by atoms with E-state index >= 15 is 0 Å². The minimum absolute atomic E-state index is 0.0574. The fraction of sp³-hybridized carbons (Fsp3) is 0.259. The van der Waals surface area contributed by atoms with Crippen LogP contribution in [0.1, 0.15) is 23.1 Å². The summed E-state index contributed by atoms with van der Waals surface area (Å²) in [6.07, 6.45) is 0.0868. The zero-order valence-electron chi connectivity index (χ0n) is 19.2. The van der Waals surface area contributed by atoms with Crippen LogP contribution in [-0.4, -0.2) is 41.4 Å². The molecule has 0 saturated carbocycles. The molecule has 1 N–H and O–H groups in total. The largest absolute Gasteiger partial charge is 0.497 e. The second kappa shape index (κ2) is 11.4. The first kappa shape index (κ1) is 23.5. The fourth-order valence-corrected chi connectivity index (χ4v) is 3.98. The van der Waals surface area contributed by atoms with Gasteiger partial charge in [0.2, 0.25) is 5.91 Å². The predicted octanol–water partition coefficient (Wildman–Crippen LogP) is 3.50. The molecule has 4 rings (SSSR count). The minimum Gasteiger partial charge on any atom is -0.497 e. The van der Waals surface area contributed by atoms with Crippen molar-refractivity contribution in [3.8, 4) is 5.75 Å². The van der Waals surface area contributed by atoms with Crippen LogP contribution < -0.4 is 10.2 Å². The van der Waals surface area contributed by atoms with Crippen molar-refractivity contribution in [2.45, 2.75) is 32.2 Å². The van der Waals surface area contributed by atoms with Gasteiger partial charge in [-0.2, -0.15) is 0 Å². The summed E-state index contributed by atoms with van der Waals surface area (Å²) in [6, 6.07) is 26.6. The van der Waals surface area contributed by atoms with Gasteiger partial charge in [-0.25, -0.2) is 5.48 Å². The normalized spacial score (nSPS) is 16.3.